The summed E-state index contributed by atoms with van der Waals surface area (Å²) in [6.07, 6.45) is 0.309. The summed E-state index contributed by atoms with van der Waals surface area (Å²) in [6.45, 7) is 3.59. The minimum atomic E-state index is -1.50. The normalized spacial score (nSPS) is 15.8. The Morgan fingerprint density at radius 3 is 1.27 bits per heavy atom. The van der Waals surface area contributed by atoms with Crippen LogP contribution >= 0.6 is 0 Å². The van der Waals surface area contributed by atoms with Crippen LogP contribution in [0.3, 0.4) is 0 Å². The third kappa shape index (κ3) is 10.7. The van der Waals surface area contributed by atoms with Gasteiger partial charge in [0.1, 0.15) is 0 Å². The van der Waals surface area contributed by atoms with E-state index >= 15 is 0 Å². The van der Waals surface area contributed by atoms with Crippen LogP contribution in [0.25, 0.3) is 0 Å². The van der Waals surface area contributed by atoms with Gasteiger partial charge in [-0.25, -0.2) is 9.59 Å². The molecule has 8 heteroatoms. The Morgan fingerprint density at radius 2 is 0.962 bits per heavy atom. The summed E-state index contributed by atoms with van der Waals surface area (Å²) in [6, 6.07) is 0. The fraction of sp³-hybridized carbons (Fsp3) is 0.889. The molecule has 4 N–H and O–H groups in total. The molecule has 0 saturated carbocycles. The summed E-state index contributed by atoms with van der Waals surface area (Å²) in [5, 5.41) is 38.5. The Morgan fingerprint density at radius 1 is 0.654 bits per heavy atom. The van der Waals surface area contributed by atoms with Gasteiger partial charge in [-0.1, -0.05) is 38.5 Å². The molecule has 0 bridgehead atoms. The van der Waals surface area contributed by atoms with E-state index in [4.69, 9.17) is 0 Å². The molecule has 4 atom stereocenters. The van der Waals surface area contributed by atoms with E-state index in [1.54, 1.807) is 13.8 Å². The molecule has 0 amide bonds. The number of esters is 2. The molecule has 26 heavy (non-hydrogen) atoms. The lowest BCUT2D eigenvalue weighted by molar-refractivity contribution is -0.160. The highest BCUT2D eigenvalue weighted by Crippen LogP contribution is 2.13. The molecular weight excluding hydrogens is 344 g/mol. The fourth-order valence-corrected chi connectivity index (χ4v) is 2.50. The van der Waals surface area contributed by atoms with Gasteiger partial charge in [0.25, 0.3) is 0 Å². The Bertz CT molecular complexity index is 351. The maximum Gasteiger partial charge on any atom is 0.337 e. The molecular formula is C18H34O8. The quantitative estimate of drug-likeness (QED) is 0.241. The second-order valence-electron chi connectivity index (χ2n) is 6.23. The maximum absolute atomic E-state index is 11.3. The first-order chi connectivity index (χ1) is 12.3. The summed E-state index contributed by atoms with van der Waals surface area (Å²) in [5.74, 6) is -1.60. The molecule has 0 aromatic heterocycles. The summed E-state index contributed by atoms with van der Waals surface area (Å²) in [4.78, 5) is 22.5. The molecule has 0 aromatic rings. The standard InChI is InChI=1S/C18H34O8/c1-3-25-17(23)15(21)13(19)11-9-7-5-6-8-10-12-14(20)16(22)18(24)26-4-2/h13-16,19-22H,3-12H2,1-2H3/t13-,14-,15+,16+/m1/s1. The van der Waals surface area contributed by atoms with Crippen LogP contribution in [0.4, 0.5) is 0 Å². The lowest BCUT2D eigenvalue weighted by Gasteiger charge is -2.16. The van der Waals surface area contributed by atoms with Gasteiger partial charge in [0.2, 0.25) is 0 Å². The number of hydrogen-bond acceptors (Lipinski definition) is 8. The number of carbonyl (C=O) groups is 2. The largest absolute Gasteiger partial charge is 0.464 e. The van der Waals surface area contributed by atoms with Crippen molar-refractivity contribution >= 4 is 11.9 Å². The maximum atomic E-state index is 11.3. The van der Waals surface area contributed by atoms with Crippen molar-refractivity contribution in [3.8, 4) is 0 Å². The molecule has 0 aliphatic carbocycles. The van der Waals surface area contributed by atoms with E-state index in [0.29, 0.717) is 25.7 Å². The number of carbonyl (C=O) groups excluding carboxylic acids is 2. The SMILES string of the molecule is CCOC(=O)[C@@H](O)[C@H](O)CCCCCCCC[C@@H](O)[C@H](O)C(=O)OCC. The monoisotopic (exact) mass is 378 g/mol. The molecule has 0 radical (unpaired) electrons. The first-order valence-electron chi connectivity index (χ1n) is 9.40. The van der Waals surface area contributed by atoms with Crippen LogP contribution in [0.15, 0.2) is 0 Å². The third-order valence-electron chi connectivity index (χ3n) is 4.03. The lowest BCUT2D eigenvalue weighted by atomic mass is 10.0. The van der Waals surface area contributed by atoms with Crippen LogP contribution in [-0.2, 0) is 19.1 Å². The van der Waals surface area contributed by atoms with Gasteiger partial charge in [0, 0.05) is 0 Å². The van der Waals surface area contributed by atoms with E-state index in [9.17, 15) is 30.0 Å². The molecule has 0 fully saturated rings. The van der Waals surface area contributed by atoms with Crippen molar-refractivity contribution in [3.05, 3.63) is 0 Å². The van der Waals surface area contributed by atoms with Gasteiger partial charge in [0.05, 0.1) is 25.4 Å². The number of unbranched alkanes of at least 4 members (excludes halogenated alkanes) is 5. The van der Waals surface area contributed by atoms with Crippen LogP contribution in [-0.4, -0.2) is 70.0 Å². The Balaban J connectivity index is 3.67. The Hall–Kier alpha value is -1.22. The van der Waals surface area contributed by atoms with E-state index in [-0.39, 0.29) is 13.2 Å². The van der Waals surface area contributed by atoms with E-state index in [2.05, 4.69) is 9.47 Å². The minimum absolute atomic E-state index is 0.161. The van der Waals surface area contributed by atoms with Crippen molar-refractivity contribution in [3.63, 3.8) is 0 Å². The second-order valence-corrected chi connectivity index (χ2v) is 6.23. The number of hydrogen-bond donors (Lipinski definition) is 4. The van der Waals surface area contributed by atoms with E-state index in [1.165, 1.54) is 0 Å². The van der Waals surface area contributed by atoms with Crippen molar-refractivity contribution in [2.45, 2.75) is 89.6 Å². The topological polar surface area (TPSA) is 134 Å². The molecule has 154 valence electrons. The van der Waals surface area contributed by atoms with Gasteiger partial charge >= 0.3 is 11.9 Å². The molecule has 0 aliphatic rings. The second kappa shape index (κ2) is 14.9. The van der Waals surface area contributed by atoms with Crippen molar-refractivity contribution in [1.82, 2.24) is 0 Å². The summed E-state index contributed by atoms with van der Waals surface area (Å²) >= 11 is 0. The fourth-order valence-electron chi connectivity index (χ4n) is 2.50. The van der Waals surface area contributed by atoms with Crippen molar-refractivity contribution in [1.29, 1.82) is 0 Å². The molecule has 8 nitrogen and oxygen atoms in total. The highest BCUT2D eigenvalue weighted by Gasteiger charge is 2.25. The van der Waals surface area contributed by atoms with E-state index in [0.717, 1.165) is 25.7 Å². The Labute approximate surface area is 155 Å². The van der Waals surface area contributed by atoms with E-state index in [1.807, 2.05) is 0 Å². The van der Waals surface area contributed by atoms with Gasteiger partial charge < -0.3 is 29.9 Å². The highest BCUT2D eigenvalue weighted by atomic mass is 16.6. The van der Waals surface area contributed by atoms with Crippen LogP contribution in [0, 0.1) is 0 Å². The number of aliphatic hydroxyl groups is 4. The molecule has 0 saturated heterocycles. The van der Waals surface area contributed by atoms with Gasteiger partial charge in [-0.15, -0.1) is 0 Å². The van der Waals surface area contributed by atoms with Gasteiger partial charge in [0.15, 0.2) is 12.2 Å². The van der Waals surface area contributed by atoms with Crippen molar-refractivity contribution in [2.75, 3.05) is 13.2 Å². The van der Waals surface area contributed by atoms with Crippen LogP contribution < -0.4 is 0 Å². The zero-order valence-corrected chi connectivity index (χ0v) is 15.8. The first kappa shape index (κ1) is 24.8. The molecule has 0 heterocycles. The highest BCUT2D eigenvalue weighted by molar-refractivity contribution is 5.75. The predicted octanol–water partition coefficient (Wildman–Crippen LogP) is 0.677. The average Bonchev–Trinajstić information content (AvgIpc) is 2.62. The lowest BCUT2D eigenvalue weighted by Crippen LogP contribution is -2.35. The molecule has 0 unspecified atom stereocenters. The number of aliphatic hydroxyl groups excluding tert-OH is 4. The molecule has 0 rings (SSSR count). The Kier molecular flexibility index (Phi) is 14.2. The molecule has 0 aromatic carbocycles. The first-order valence-corrected chi connectivity index (χ1v) is 9.40. The average molecular weight is 378 g/mol. The zero-order valence-electron chi connectivity index (χ0n) is 15.8. The third-order valence-corrected chi connectivity index (χ3v) is 4.03. The van der Waals surface area contributed by atoms with Crippen LogP contribution in [0.5, 0.6) is 0 Å². The zero-order chi connectivity index (χ0) is 19.9. The summed E-state index contributed by atoms with van der Waals surface area (Å²) in [5.41, 5.74) is 0. The van der Waals surface area contributed by atoms with Gasteiger partial charge in [-0.2, -0.15) is 0 Å². The minimum Gasteiger partial charge on any atom is -0.464 e. The van der Waals surface area contributed by atoms with Gasteiger partial charge in [-0.05, 0) is 26.7 Å². The molecule has 0 spiro atoms. The van der Waals surface area contributed by atoms with Crippen molar-refractivity contribution in [2.24, 2.45) is 0 Å². The van der Waals surface area contributed by atoms with E-state index < -0.39 is 36.4 Å². The van der Waals surface area contributed by atoms with Crippen LogP contribution in [0.2, 0.25) is 0 Å². The number of rotatable bonds is 15. The van der Waals surface area contributed by atoms with Crippen molar-refractivity contribution < 1.29 is 39.5 Å². The molecule has 0 aliphatic heterocycles. The predicted molar refractivity (Wildman–Crippen MR) is 94.2 cm³/mol. The smallest absolute Gasteiger partial charge is 0.337 e. The van der Waals surface area contributed by atoms with Gasteiger partial charge in [-0.3, -0.25) is 0 Å². The summed E-state index contributed by atoms with van der Waals surface area (Å²) < 4.78 is 9.29. The van der Waals surface area contributed by atoms with Crippen LogP contribution in [0.1, 0.15) is 65.2 Å². The summed E-state index contributed by atoms with van der Waals surface area (Å²) in [7, 11) is 0. The number of ether oxygens (including phenoxy) is 2.